The van der Waals surface area contributed by atoms with Crippen molar-refractivity contribution in [3.05, 3.63) is 30.1 Å². The first-order chi connectivity index (χ1) is 13.4. The average Bonchev–Trinajstić information content (AvgIpc) is 2.70. The third-order valence-electron chi connectivity index (χ3n) is 6.05. The maximum Gasteiger partial charge on any atom is 0.413 e. The molecule has 0 saturated carbocycles. The van der Waals surface area contributed by atoms with Crippen LogP contribution in [0.25, 0.3) is 0 Å². The second kappa shape index (κ2) is 7.91. The Labute approximate surface area is 183 Å². The summed E-state index contributed by atoms with van der Waals surface area (Å²) in [6, 6.07) is 3.93. The molecular weight excluding hydrogens is 396 g/mol. The molecule has 6 nitrogen and oxygen atoms in total. The highest BCUT2D eigenvalue weighted by molar-refractivity contribution is 6.74. The monoisotopic (exact) mass is 436 g/mol. The smallest absolute Gasteiger partial charge is 0.413 e. The molecule has 0 bridgehead atoms. The molecule has 2 heterocycles. The van der Waals surface area contributed by atoms with Crippen molar-refractivity contribution in [2.75, 3.05) is 0 Å². The van der Waals surface area contributed by atoms with Crippen LogP contribution in [0.5, 0.6) is 0 Å². The molecule has 1 fully saturated rings. The van der Waals surface area contributed by atoms with Crippen LogP contribution in [0.1, 0.15) is 67.9 Å². The third kappa shape index (κ3) is 5.24. The molecule has 1 amide bonds. The quantitative estimate of drug-likeness (QED) is 0.564. The van der Waals surface area contributed by atoms with E-state index in [0.717, 1.165) is 5.56 Å². The van der Waals surface area contributed by atoms with Crippen LogP contribution in [0, 0.1) is 0 Å². The SMILES string of the molecule is CC(C)(C)OC(=O)N1C(C)(C)O[C@@H](O[Si](C)(C)C(C)(C)C)[C@]1(C)Cc1ccncc1. The Morgan fingerprint density at radius 2 is 1.67 bits per heavy atom. The maximum atomic E-state index is 13.4. The molecule has 1 aliphatic rings. The van der Waals surface area contributed by atoms with E-state index in [1.54, 1.807) is 17.3 Å². The van der Waals surface area contributed by atoms with Crippen molar-refractivity contribution in [3.8, 4) is 0 Å². The summed E-state index contributed by atoms with van der Waals surface area (Å²) < 4.78 is 19.0. The van der Waals surface area contributed by atoms with Gasteiger partial charge < -0.3 is 13.9 Å². The lowest BCUT2D eigenvalue weighted by Crippen LogP contribution is -2.59. The van der Waals surface area contributed by atoms with Crippen LogP contribution in [-0.2, 0) is 20.3 Å². The van der Waals surface area contributed by atoms with E-state index in [2.05, 4.69) is 38.8 Å². The van der Waals surface area contributed by atoms with E-state index in [4.69, 9.17) is 13.9 Å². The molecule has 1 aliphatic heterocycles. The number of nitrogens with zero attached hydrogens (tertiary/aromatic N) is 2. The van der Waals surface area contributed by atoms with E-state index in [0.29, 0.717) is 6.42 Å². The Morgan fingerprint density at radius 1 is 1.13 bits per heavy atom. The second-order valence-electron chi connectivity index (χ2n) is 11.5. The van der Waals surface area contributed by atoms with Crippen LogP contribution in [0.4, 0.5) is 4.79 Å². The largest absolute Gasteiger partial charge is 0.444 e. The van der Waals surface area contributed by atoms with Crippen molar-refractivity contribution in [2.24, 2.45) is 0 Å². The summed E-state index contributed by atoms with van der Waals surface area (Å²) in [5, 5.41) is 0.0113. The molecule has 1 aromatic rings. The van der Waals surface area contributed by atoms with Gasteiger partial charge in [0.05, 0.1) is 0 Å². The Morgan fingerprint density at radius 3 is 2.13 bits per heavy atom. The number of carbonyl (C=O) groups is 1. The number of pyridine rings is 1. The highest BCUT2D eigenvalue weighted by atomic mass is 28.4. The predicted molar refractivity (Wildman–Crippen MR) is 122 cm³/mol. The molecular formula is C23H40N2O4Si. The summed E-state index contributed by atoms with van der Waals surface area (Å²) in [5.74, 6) is 0. The first kappa shape index (κ1) is 24.8. The van der Waals surface area contributed by atoms with E-state index < -0.39 is 37.6 Å². The van der Waals surface area contributed by atoms with Gasteiger partial charge in [-0.3, -0.25) is 9.88 Å². The van der Waals surface area contributed by atoms with E-state index >= 15 is 0 Å². The van der Waals surface area contributed by atoms with Gasteiger partial charge in [-0.05, 0) is 77.4 Å². The van der Waals surface area contributed by atoms with Crippen molar-refractivity contribution < 1.29 is 18.7 Å². The Balaban J connectivity index is 2.52. The molecule has 2 atom stereocenters. The van der Waals surface area contributed by atoms with E-state index in [9.17, 15) is 4.79 Å². The van der Waals surface area contributed by atoms with Crippen LogP contribution >= 0.6 is 0 Å². The molecule has 7 heteroatoms. The summed E-state index contributed by atoms with van der Waals surface area (Å²) in [6.07, 6.45) is 3.12. The van der Waals surface area contributed by atoms with Crippen LogP contribution in [0.15, 0.2) is 24.5 Å². The molecule has 0 unspecified atom stereocenters. The minimum absolute atomic E-state index is 0.0113. The molecule has 2 rings (SSSR count). The third-order valence-corrected chi connectivity index (χ3v) is 10.5. The lowest BCUT2D eigenvalue weighted by Gasteiger charge is -2.44. The minimum Gasteiger partial charge on any atom is -0.444 e. The molecule has 0 aliphatic carbocycles. The zero-order chi connectivity index (χ0) is 23.2. The molecule has 1 saturated heterocycles. The number of amides is 1. The van der Waals surface area contributed by atoms with Crippen molar-refractivity contribution in [3.63, 3.8) is 0 Å². The molecule has 0 N–H and O–H groups in total. The normalized spacial score (nSPS) is 24.8. The van der Waals surface area contributed by atoms with Gasteiger partial charge in [-0.1, -0.05) is 20.8 Å². The number of ether oxygens (including phenoxy) is 2. The first-order valence-electron chi connectivity index (χ1n) is 10.7. The van der Waals surface area contributed by atoms with Crippen molar-refractivity contribution in [1.29, 1.82) is 0 Å². The fraction of sp³-hybridized carbons (Fsp3) is 0.739. The van der Waals surface area contributed by atoms with Gasteiger partial charge in [0.25, 0.3) is 0 Å². The Bertz CT molecular complexity index is 753. The summed E-state index contributed by atoms with van der Waals surface area (Å²) in [6.45, 7) is 22.5. The fourth-order valence-electron chi connectivity index (χ4n) is 3.57. The van der Waals surface area contributed by atoms with Crippen molar-refractivity contribution in [1.82, 2.24) is 9.88 Å². The van der Waals surface area contributed by atoms with Gasteiger partial charge in [-0.15, -0.1) is 0 Å². The summed E-state index contributed by atoms with van der Waals surface area (Å²) in [7, 11) is -2.17. The number of hydrogen-bond acceptors (Lipinski definition) is 5. The van der Waals surface area contributed by atoms with Crippen molar-refractivity contribution >= 4 is 14.4 Å². The maximum absolute atomic E-state index is 13.4. The van der Waals surface area contributed by atoms with Crippen LogP contribution < -0.4 is 0 Å². The van der Waals surface area contributed by atoms with E-state index in [1.807, 2.05) is 53.7 Å². The van der Waals surface area contributed by atoms with Crippen LogP contribution in [-0.4, -0.2) is 47.4 Å². The molecule has 0 spiro atoms. The highest BCUT2D eigenvalue weighted by Crippen LogP contribution is 2.47. The van der Waals surface area contributed by atoms with Gasteiger partial charge in [-0.2, -0.15) is 0 Å². The average molecular weight is 437 g/mol. The highest BCUT2D eigenvalue weighted by Gasteiger charge is 2.61. The first-order valence-corrected chi connectivity index (χ1v) is 13.6. The predicted octanol–water partition coefficient (Wildman–Crippen LogP) is 5.73. The lowest BCUT2D eigenvalue weighted by atomic mass is 9.91. The van der Waals surface area contributed by atoms with Crippen LogP contribution in [0.3, 0.4) is 0 Å². The summed E-state index contributed by atoms with van der Waals surface area (Å²) in [4.78, 5) is 19.2. The molecule has 30 heavy (non-hydrogen) atoms. The zero-order valence-corrected chi connectivity index (χ0v) is 21.6. The van der Waals surface area contributed by atoms with Gasteiger partial charge in [0.15, 0.2) is 14.6 Å². The zero-order valence-electron chi connectivity index (χ0n) is 20.6. The van der Waals surface area contributed by atoms with Gasteiger partial charge >= 0.3 is 6.09 Å². The summed E-state index contributed by atoms with van der Waals surface area (Å²) >= 11 is 0. The van der Waals surface area contributed by atoms with Gasteiger partial charge in [0.1, 0.15) is 16.9 Å². The minimum atomic E-state index is -2.17. The van der Waals surface area contributed by atoms with Gasteiger partial charge in [0, 0.05) is 18.8 Å². The topological polar surface area (TPSA) is 60.9 Å². The van der Waals surface area contributed by atoms with Crippen LogP contribution in [0.2, 0.25) is 18.1 Å². The lowest BCUT2D eigenvalue weighted by molar-refractivity contribution is -0.138. The van der Waals surface area contributed by atoms with Gasteiger partial charge in [0.2, 0.25) is 0 Å². The number of aromatic nitrogens is 1. The molecule has 0 aromatic carbocycles. The number of carbonyl (C=O) groups excluding carboxylic acids is 1. The molecule has 1 aromatic heterocycles. The van der Waals surface area contributed by atoms with E-state index in [1.165, 1.54) is 0 Å². The summed E-state index contributed by atoms with van der Waals surface area (Å²) in [5.41, 5.74) is -1.17. The fourth-order valence-corrected chi connectivity index (χ4v) is 4.76. The number of hydrogen-bond donors (Lipinski definition) is 0. The standard InChI is InChI=1S/C23H40N2O4Si/c1-20(2,3)28-19(26)25-22(7,8)27-18(29-30(10,11)21(4,5)6)23(25,9)16-17-12-14-24-15-13-17/h12-15,18H,16H2,1-11H3/t18-,23-/m0/s1. The molecule has 170 valence electrons. The Hall–Kier alpha value is -1.44. The second-order valence-corrected chi connectivity index (χ2v) is 16.2. The molecule has 0 radical (unpaired) electrons. The van der Waals surface area contributed by atoms with Gasteiger partial charge in [-0.25, -0.2) is 4.79 Å². The number of rotatable bonds is 4. The Kier molecular flexibility index (Phi) is 6.55. The van der Waals surface area contributed by atoms with Crippen molar-refractivity contribution in [2.45, 2.75) is 110 Å². The van der Waals surface area contributed by atoms with E-state index in [-0.39, 0.29) is 5.04 Å².